The van der Waals surface area contributed by atoms with Gasteiger partial charge in [-0.2, -0.15) is 4.80 Å². The molecule has 186 valence electrons. The van der Waals surface area contributed by atoms with E-state index in [9.17, 15) is 9.59 Å². The molecule has 2 aromatic heterocycles. The van der Waals surface area contributed by atoms with Crippen LogP contribution < -0.4 is 10.2 Å². The molecule has 4 rings (SSSR count). The molecule has 1 atom stereocenters. The topological polar surface area (TPSA) is 106 Å². The summed E-state index contributed by atoms with van der Waals surface area (Å²) < 4.78 is 5.64. The molecule has 0 aliphatic rings. The third-order valence-corrected chi connectivity index (χ3v) is 5.50. The molecule has 0 aliphatic carbocycles. The predicted octanol–water partition coefficient (Wildman–Crippen LogP) is 4.24. The van der Waals surface area contributed by atoms with Crippen molar-refractivity contribution in [2.24, 2.45) is 0 Å². The molecule has 0 aliphatic heterocycles. The van der Waals surface area contributed by atoms with E-state index in [-0.39, 0.29) is 18.4 Å². The van der Waals surface area contributed by atoms with E-state index in [1.54, 1.807) is 18.2 Å². The van der Waals surface area contributed by atoms with Crippen LogP contribution in [-0.4, -0.2) is 37.6 Å². The number of rotatable bonds is 7. The molecule has 0 bridgehead atoms. The number of carbonyl (C=O) groups is 2. The smallest absolute Gasteiger partial charge is 0.251 e. The van der Waals surface area contributed by atoms with Crippen LogP contribution in [0.2, 0.25) is 0 Å². The lowest BCUT2D eigenvalue weighted by molar-refractivity contribution is -0.128. The Hall–Kier alpha value is -4.27. The summed E-state index contributed by atoms with van der Waals surface area (Å²) in [5, 5.41) is 15.6. The van der Waals surface area contributed by atoms with Crippen molar-refractivity contribution in [3.63, 3.8) is 0 Å². The third kappa shape index (κ3) is 5.68. The Labute approximate surface area is 210 Å². The van der Waals surface area contributed by atoms with Crippen LogP contribution >= 0.6 is 0 Å². The fraction of sp³-hybridized carbons (Fsp3) is 0.296. The van der Waals surface area contributed by atoms with Gasteiger partial charge in [0.25, 0.3) is 11.8 Å². The Kier molecular flexibility index (Phi) is 7.00. The maximum atomic E-state index is 13.8. The average molecular weight is 487 g/mol. The molecule has 36 heavy (non-hydrogen) atoms. The van der Waals surface area contributed by atoms with Crippen LogP contribution in [0.3, 0.4) is 0 Å². The van der Waals surface area contributed by atoms with E-state index in [1.165, 1.54) is 16.0 Å². The molecule has 0 radical (unpaired) electrons. The van der Waals surface area contributed by atoms with Gasteiger partial charge in [0.1, 0.15) is 12.3 Å². The zero-order valence-corrected chi connectivity index (χ0v) is 21.1. The van der Waals surface area contributed by atoms with Gasteiger partial charge in [-0.15, -0.1) is 10.2 Å². The van der Waals surface area contributed by atoms with Crippen molar-refractivity contribution < 1.29 is 14.0 Å². The van der Waals surface area contributed by atoms with Gasteiger partial charge in [0.15, 0.2) is 6.04 Å². The Morgan fingerprint density at radius 2 is 1.75 bits per heavy atom. The highest BCUT2D eigenvalue weighted by Crippen LogP contribution is 2.31. The summed E-state index contributed by atoms with van der Waals surface area (Å²) in [6.45, 7) is 9.33. The van der Waals surface area contributed by atoms with E-state index in [2.05, 4.69) is 20.7 Å². The fourth-order valence-electron chi connectivity index (χ4n) is 3.84. The lowest BCUT2D eigenvalue weighted by Gasteiger charge is -2.33. The van der Waals surface area contributed by atoms with Crippen LogP contribution in [0, 0.1) is 13.8 Å². The molecule has 1 N–H and O–H groups in total. The zero-order valence-electron chi connectivity index (χ0n) is 21.1. The first kappa shape index (κ1) is 24.8. The van der Waals surface area contributed by atoms with Crippen molar-refractivity contribution in [1.29, 1.82) is 0 Å². The minimum atomic E-state index is -1.03. The standard InChI is InChI=1S/C27H30N6O3/c1-18-12-14-20(15-13-18)25-29-31-32(30-25)17-23(34)33(21-10-7-6-9-19(21)2)24(22-11-8-16-36-22)26(35)28-27(3,4)5/h6-16,24H,17H2,1-5H3,(H,28,35). The number of carbonyl (C=O) groups excluding carboxylic acids is 2. The molecule has 0 fully saturated rings. The summed E-state index contributed by atoms with van der Waals surface area (Å²) >= 11 is 0. The van der Waals surface area contributed by atoms with Crippen LogP contribution in [0.4, 0.5) is 5.69 Å². The van der Waals surface area contributed by atoms with Gasteiger partial charge in [-0.3, -0.25) is 14.5 Å². The van der Waals surface area contributed by atoms with E-state index in [0.717, 1.165) is 16.7 Å². The molecule has 4 aromatic rings. The van der Waals surface area contributed by atoms with Gasteiger partial charge < -0.3 is 9.73 Å². The Morgan fingerprint density at radius 3 is 2.39 bits per heavy atom. The van der Waals surface area contributed by atoms with Crippen molar-refractivity contribution in [1.82, 2.24) is 25.5 Å². The van der Waals surface area contributed by atoms with E-state index in [1.807, 2.05) is 77.1 Å². The number of nitrogens with zero attached hydrogens (tertiary/aromatic N) is 5. The monoisotopic (exact) mass is 486 g/mol. The van der Waals surface area contributed by atoms with E-state index >= 15 is 0 Å². The molecule has 0 saturated carbocycles. The predicted molar refractivity (Wildman–Crippen MR) is 136 cm³/mol. The SMILES string of the molecule is Cc1ccc(-c2nnn(CC(=O)N(c3ccccc3C)C(C(=O)NC(C)(C)C)c3ccco3)n2)cc1. The van der Waals surface area contributed by atoms with Crippen LogP contribution in [0.1, 0.15) is 43.7 Å². The number of hydrogen-bond acceptors (Lipinski definition) is 6. The van der Waals surface area contributed by atoms with Crippen molar-refractivity contribution in [2.45, 2.75) is 52.7 Å². The summed E-state index contributed by atoms with van der Waals surface area (Å²) in [5.41, 5.74) is 2.82. The molecule has 0 saturated heterocycles. The normalized spacial score (nSPS) is 12.2. The summed E-state index contributed by atoms with van der Waals surface area (Å²) in [5.74, 6) is 0.0158. The van der Waals surface area contributed by atoms with Gasteiger partial charge in [0.05, 0.1) is 6.26 Å². The molecule has 0 spiro atoms. The number of para-hydroxylation sites is 1. The Balaban J connectivity index is 1.71. The molecular formula is C27H30N6O3. The number of tetrazole rings is 1. The van der Waals surface area contributed by atoms with Gasteiger partial charge in [0.2, 0.25) is 5.82 Å². The summed E-state index contributed by atoms with van der Waals surface area (Å²) in [6.07, 6.45) is 1.49. The molecule has 9 nitrogen and oxygen atoms in total. The Morgan fingerprint density at radius 1 is 1.03 bits per heavy atom. The molecular weight excluding hydrogens is 456 g/mol. The number of aryl methyl sites for hydroxylation is 2. The van der Waals surface area contributed by atoms with Crippen LogP contribution in [0.25, 0.3) is 11.4 Å². The zero-order chi connectivity index (χ0) is 25.9. The number of benzene rings is 2. The number of amides is 2. The first-order valence-corrected chi connectivity index (χ1v) is 11.7. The number of anilines is 1. The quantitative estimate of drug-likeness (QED) is 0.419. The second kappa shape index (κ2) is 10.2. The van der Waals surface area contributed by atoms with E-state index < -0.39 is 11.6 Å². The highest BCUT2D eigenvalue weighted by Gasteiger charge is 2.37. The van der Waals surface area contributed by atoms with E-state index in [0.29, 0.717) is 17.3 Å². The molecule has 1 unspecified atom stereocenters. The van der Waals surface area contributed by atoms with Gasteiger partial charge in [-0.25, -0.2) is 0 Å². The van der Waals surface area contributed by atoms with Crippen molar-refractivity contribution in [2.75, 3.05) is 4.90 Å². The average Bonchev–Trinajstić information content (AvgIpc) is 3.50. The third-order valence-electron chi connectivity index (χ3n) is 5.50. The second-order valence-electron chi connectivity index (χ2n) is 9.72. The van der Waals surface area contributed by atoms with Crippen LogP contribution in [0.15, 0.2) is 71.3 Å². The van der Waals surface area contributed by atoms with Gasteiger partial charge in [-0.1, -0.05) is 48.0 Å². The maximum Gasteiger partial charge on any atom is 0.251 e. The van der Waals surface area contributed by atoms with Gasteiger partial charge >= 0.3 is 0 Å². The number of hydrogen-bond donors (Lipinski definition) is 1. The van der Waals surface area contributed by atoms with Crippen molar-refractivity contribution in [3.8, 4) is 11.4 Å². The first-order valence-electron chi connectivity index (χ1n) is 11.7. The van der Waals surface area contributed by atoms with Crippen molar-refractivity contribution in [3.05, 3.63) is 83.8 Å². The number of furan rings is 1. The van der Waals surface area contributed by atoms with Crippen LogP contribution in [0.5, 0.6) is 0 Å². The summed E-state index contributed by atoms with van der Waals surface area (Å²) in [7, 11) is 0. The van der Waals surface area contributed by atoms with E-state index in [4.69, 9.17) is 4.42 Å². The number of nitrogens with one attached hydrogen (secondary N) is 1. The second-order valence-corrected chi connectivity index (χ2v) is 9.72. The molecule has 2 amide bonds. The highest BCUT2D eigenvalue weighted by atomic mass is 16.3. The van der Waals surface area contributed by atoms with Crippen molar-refractivity contribution >= 4 is 17.5 Å². The summed E-state index contributed by atoms with van der Waals surface area (Å²) in [6, 6.07) is 17.5. The molecule has 9 heteroatoms. The number of aromatic nitrogens is 4. The lowest BCUT2D eigenvalue weighted by atomic mass is 10.0. The largest absolute Gasteiger partial charge is 0.467 e. The lowest BCUT2D eigenvalue weighted by Crippen LogP contribution is -2.50. The highest BCUT2D eigenvalue weighted by molar-refractivity contribution is 6.01. The maximum absolute atomic E-state index is 13.8. The minimum Gasteiger partial charge on any atom is -0.467 e. The van der Waals surface area contributed by atoms with Crippen LogP contribution in [-0.2, 0) is 16.1 Å². The Bertz CT molecular complexity index is 1340. The van der Waals surface area contributed by atoms with Gasteiger partial charge in [-0.05, 0) is 63.6 Å². The first-order chi connectivity index (χ1) is 17.1. The molecule has 2 heterocycles. The minimum absolute atomic E-state index is 0.215. The molecule has 2 aromatic carbocycles. The fourth-order valence-corrected chi connectivity index (χ4v) is 3.84. The van der Waals surface area contributed by atoms with Gasteiger partial charge in [0, 0.05) is 16.8 Å². The summed E-state index contributed by atoms with van der Waals surface area (Å²) in [4.78, 5) is 30.1.